The number of rotatable bonds is 9. The summed E-state index contributed by atoms with van der Waals surface area (Å²) in [6.07, 6.45) is -9.24. The number of carbonyl (C=O) groups excluding carboxylic acids is 1. The maximum absolute atomic E-state index is 14.6. The molecule has 3 aliphatic rings. The lowest BCUT2D eigenvalue weighted by Gasteiger charge is -2.49. The van der Waals surface area contributed by atoms with Gasteiger partial charge in [-0.25, -0.2) is 0 Å². The van der Waals surface area contributed by atoms with Crippen LogP contribution in [0.1, 0.15) is 87.0 Å². The van der Waals surface area contributed by atoms with Crippen molar-refractivity contribution < 1.29 is 45.3 Å². The van der Waals surface area contributed by atoms with Crippen LogP contribution < -0.4 is 0 Å². The van der Waals surface area contributed by atoms with Gasteiger partial charge in [0.25, 0.3) is 0 Å². The summed E-state index contributed by atoms with van der Waals surface area (Å²) in [4.78, 5) is 12.7. The van der Waals surface area contributed by atoms with Crippen LogP contribution in [0.25, 0.3) is 0 Å². The van der Waals surface area contributed by atoms with Crippen LogP contribution >= 0.6 is 0 Å². The number of hydrogen-bond acceptors (Lipinski definition) is 4. The number of halogens is 6. The van der Waals surface area contributed by atoms with Crippen LogP contribution in [0.5, 0.6) is 0 Å². The van der Waals surface area contributed by atoms with Gasteiger partial charge in [0.15, 0.2) is 11.9 Å². The average molecular weight is 531 g/mol. The third kappa shape index (κ3) is 4.90. The van der Waals surface area contributed by atoms with E-state index in [1.54, 1.807) is 6.92 Å². The monoisotopic (exact) mass is 530 g/mol. The van der Waals surface area contributed by atoms with E-state index in [4.69, 9.17) is 14.2 Å². The van der Waals surface area contributed by atoms with Crippen molar-refractivity contribution in [3.63, 3.8) is 0 Å². The highest BCUT2D eigenvalue weighted by Crippen LogP contribution is 2.60. The Hall–Kier alpha value is -1.03. The van der Waals surface area contributed by atoms with Gasteiger partial charge in [0.05, 0.1) is 11.5 Å². The van der Waals surface area contributed by atoms with Gasteiger partial charge in [-0.05, 0) is 83.5 Å². The number of carbonyl (C=O) groups is 1. The van der Waals surface area contributed by atoms with Crippen molar-refractivity contribution in [1.82, 2.24) is 0 Å². The van der Waals surface area contributed by atoms with Crippen LogP contribution in [0.15, 0.2) is 0 Å². The lowest BCUT2D eigenvalue weighted by atomic mass is 9.80. The summed E-state index contributed by atoms with van der Waals surface area (Å²) in [5.41, 5.74) is -9.21. The van der Waals surface area contributed by atoms with Crippen LogP contribution in [0.2, 0.25) is 0 Å². The van der Waals surface area contributed by atoms with Crippen LogP contribution in [0, 0.1) is 35.0 Å². The lowest BCUT2D eigenvalue weighted by molar-refractivity contribution is -0.449. The Morgan fingerprint density at radius 3 is 1.94 bits per heavy atom. The van der Waals surface area contributed by atoms with Crippen molar-refractivity contribution >= 4 is 5.97 Å². The first-order valence-corrected chi connectivity index (χ1v) is 13.0. The predicted molar refractivity (Wildman–Crippen MR) is 121 cm³/mol. The fourth-order valence-electron chi connectivity index (χ4n) is 6.53. The van der Waals surface area contributed by atoms with Crippen molar-refractivity contribution in [2.75, 3.05) is 0 Å². The van der Waals surface area contributed by atoms with Gasteiger partial charge in [0, 0.05) is 5.92 Å². The molecule has 0 aromatic heterocycles. The van der Waals surface area contributed by atoms with Gasteiger partial charge in [-0.3, -0.25) is 4.79 Å². The standard InChI is InChI=1S/C26H40F6O4/c1-8-22(4,5)21(33)36-23(6,7)24(25(27,28)29,26(30,31)32)35-20(14(2)3)34-19-13-15-12-18(19)17-11-9-10-16(15)17/h14-20H,8-13H2,1-7H3. The molecule has 4 nitrogen and oxygen atoms in total. The zero-order valence-electron chi connectivity index (χ0n) is 22.2. The molecule has 36 heavy (non-hydrogen) atoms. The molecule has 0 aromatic rings. The van der Waals surface area contributed by atoms with Crippen LogP contribution in [-0.4, -0.2) is 41.9 Å². The Bertz CT molecular complexity index is 789. The van der Waals surface area contributed by atoms with E-state index in [-0.39, 0.29) is 12.3 Å². The Morgan fingerprint density at radius 2 is 1.44 bits per heavy atom. The second kappa shape index (κ2) is 9.62. The van der Waals surface area contributed by atoms with Crippen LogP contribution in [-0.2, 0) is 19.0 Å². The predicted octanol–water partition coefficient (Wildman–Crippen LogP) is 7.45. The SMILES string of the molecule is CCC(C)(C)C(=O)OC(C)(C)C(OC(OC1CC2CC1C1CCCC21)C(C)C)(C(F)(F)F)C(F)(F)F. The summed E-state index contributed by atoms with van der Waals surface area (Å²) < 4.78 is 103. The number of ether oxygens (including phenoxy) is 3. The first kappa shape index (κ1) is 29.5. The van der Waals surface area contributed by atoms with Gasteiger partial charge in [0.2, 0.25) is 0 Å². The molecule has 0 radical (unpaired) electrons. The van der Waals surface area contributed by atoms with Crippen molar-refractivity contribution in [3.8, 4) is 0 Å². The lowest BCUT2D eigenvalue weighted by Crippen LogP contribution is -2.72. The van der Waals surface area contributed by atoms with Gasteiger partial charge in [0.1, 0.15) is 0 Å². The summed E-state index contributed by atoms with van der Waals surface area (Å²) >= 11 is 0. The van der Waals surface area contributed by atoms with E-state index in [0.717, 1.165) is 25.7 Å². The molecule has 0 amide bonds. The van der Waals surface area contributed by atoms with Crippen molar-refractivity contribution in [2.24, 2.45) is 35.0 Å². The molecule has 0 aromatic carbocycles. The molecule has 210 valence electrons. The largest absolute Gasteiger partial charge is 0.455 e. The summed E-state index contributed by atoms with van der Waals surface area (Å²) in [7, 11) is 0. The molecule has 0 aliphatic heterocycles. The highest BCUT2D eigenvalue weighted by molar-refractivity contribution is 5.76. The minimum absolute atomic E-state index is 0.120. The van der Waals surface area contributed by atoms with E-state index in [2.05, 4.69) is 0 Å². The zero-order chi connectivity index (χ0) is 27.5. The van der Waals surface area contributed by atoms with Crippen LogP contribution in [0.4, 0.5) is 26.3 Å². The van der Waals surface area contributed by atoms with E-state index < -0.39 is 53.3 Å². The molecule has 3 rings (SSSR count). The first-order valence-electron chi connectivity index (χ1n) is 13.0. The average Bonchev–Trinajstić information content (AvgIpc) is 3.41. The zero-order valence-corrected chi connectivity index (χ0v) is 22.2. The molecule has 0 heterocycles. The normalized spacial score (nSPS) is 30.1. The van der Waals surface area contributed by atoms with Gasteiger partial charge in [-0.1, -0.05) is 27.2 Å². The van der Waals surface area contributed by atoms with Crippen molar-refractivity contribution in [1.29, 1.82) is 0 Å². The summed E-state index contributed by atoms with van der Waals surface area (Å²) in [5.74, 6) is -0.480. The van der Waals surface area contributed by atoms with E-state index in [1.807, 2.05) is 0 Å². The number of hydrogen-bond donors (Lipinski definition) is 0. The Labute approximate surface area is 209 Å². The smallest absolute Gasteiger partial charge is 0.430 e. The summed E-state index contributed by atoms with van der Waals surface area (Å²) in [6, 6.07) is 0. The second-order valence-electron chi connectivity index (χ2n) is 12.4. The van der Waals surface area contributed by atoms with Gasteiger partial charge in [-0.2, -0.15) is 26.3 Å². The van der Waals surface area contributed by atoms with Gasteiger partial charge >= 0.3 is 23.9 Å². The number of fused-ring (bicyclic) bond motifs is 5. The minimum atomic E-state index is -5.95. The Kier molecular flexibility index (Phi) is 7.89. The molecule has 2 bridgehead atoms. The van der Waals surface area contributed by atoms with E-state index in [9.17, 15) is 31.1 Å². The summed E-state index contributed by atoms with van der Waals surface area (Å²) in [5, 5.41) is 0. The molecule has 6 atom stereocenters. The minimum Gasteiger partial charge on any atom is -0.455 e. The third-order valence-electron chi connectivity index (χ3n) is 8.94. The van der Waals surface area contributed by atoms with E-state index >= 15 is 0 Å². The highest BCUT2D eigenvalue weighted by atomic mass is 19.4. The molecule has 3 saturated carbocycles. The molecule has 0 N–H and O–H groups in total. The maximum atomic E-state index is 14.6. The molecule has 0 saturated heterocycles. The number of alkyl halides is 6. The molecule has 3 fully saturated rings. The quantitative estimate of drug-likeness (QED) is 0.176. The molecule has 10 heteroatoms. The van der Waals surface area contributed by atoms with Crippen molar-refractivity contribution in [3.05, 3.63) is 0 Å². The first-order chi connectivity index (χ1) is 16.3. The molecule has 6 unspecified atom stereocenters. The van der Waals surface area contributed by atoms with Gasteiger partial charge in [-0.15, -0.1) is 0 Å². The number of esters is 1. The highest BCUT2D eigenvalue weighted by Gasteiger charge is 2.81. The fourth-order valence-corrected chi connectivity index (χ4v) is 6.53. The van der Waals surface area contributed by atoms with Crippen LogP contribution in [0.3, 0.4) is 0 Å². The van der Waals surface area contributed by atoms with Crippen molar-refractivity contribution in [2.45, 2.75) is 123 Å². The fraction of sp³-hybridized carbons (Fsp3) is 0.962. The third-order valence-corrected chi connectivity index (χ3v) is 8.94. The summed E-state index contributed by atoms with van der Waals surface area (Å²) in [6.45, 7) is 8.55. The molecular weight excluding hydrogens is 490 g/mol. The molecule has 0 spiro atoms. The van der Waals surface area contributed by atoms with E-state index in [0.29, 0.717) is 38.0 Å². The molecular formula is C26H40F6O4. The van der Waals surface area contributed by atoms with Gasteiger partial charge < -0.3 is 14.2 Å². The Balaban J connectivity index is 1.95. The second-order valence-corrected chi connectivity index (χ2v) is 12.4. The Morgan fingerprint density at radius 1 is 0.889 bits per heavy atom. The maximum Gasteiger partial charge on any atom is 0.430 e. The van der Waals surface area contributed by atoms with E-state index in [1.165, 1.54) is 27.7 Å². The topological polar surface area (TPSA) is 44.8 Å². The molecule has 3 aliphatic carbocycles.